The van der Waals surface area contributed by atoms with Crippen LogP contribution in [0.5, 0.6) is 0 Å². The molecule has 0 spiro atoms. The molecule has 80 valence electrons. The molecule has 0 saturated heterocycles. The molecule has 0 amide bonds. The summed E-state index contributed by atoms with van der Waals surface area (Å²) in [5.74, 6) is 0.887. The van der Waals surface area contributed by atoms with Gasteiger partial charge in [0.2, 0.25) is 0 Å². The lowest BCUT2D eigenvalue weighted by Crippen LogP contribution is -1.81. The van der Waals surface area contributed by atoms with Crippen molar-refractivity contribution in [3.63, 3.8) is 0 Å². The average molecular weight is 229 g/mol. The van der Waals surface area contributed by atoms with E-state index in [-0.39, 0.29) is 0 Å². The Morgan fingerprint density at radius 3 is 2.81 bits per heavy atom. The maximum Gasteiger partial charge on any atom is 0.141 e. The molecule has 0 aliphatic heterocycles. The number of hydrogen-bond acceptors (Lipinski definition) is 3. The second-order valence-corrected chi connectivity index (χ2v) is 4.76. The Balaban J connectivity index is 2.38. The Bertz CT molecular complexity index is 631. The predicted octanol–water partition coefficient (Wildman–Crippen LogP) is 4.17. The van der Waals surface area contributed by atoms with Crippen LogP contribution in [-0.4, -0.2) is 5.16 Å². The summed E-state index contributed by atoms with van der Waals surface area (Å²) in [6.07, 6.45) is 0. The zero-order chi connectivity index (χ0) is 11.1. The lowest BCUT2D eigenvalue weighted by atomic mass is 10.0. The Labute approximate surface area is 97.5 Å². The Morgan fingerprint density at radius 1 is 1.19 bits per heavy atom. The van der Waals surface area contributed by atoms with E-state index in [4.69, 9.17) is 4.52 Å². The van der Waals surface area contributed by atoms with Gasteiger partial charge in [-0.3, -0.25) is 0 Å². The van der Waals surface area contributed by atoms with Crippen molar-refractivity contribution in [2.75, 3.05) is 0 Å². The van der Waals surface area contributed by atoms with E-state index in [1.165, 1.54) is 15.6 Å². The molecule has 2 aromatic heterocycles. The number of benzene rings is 1. The first-order chi connectivity index (χ1) is 7.77. The highest BCUT2D eigenvalue weighted by Crippen LogP contribution is 2.35. The van der Waals surface area contributed by atoms with Gasteiger partial charge in [0, 0.05) is 15.8 Å². The Kier molecular flexibility index (Phi) is 2.07. The summed E-state index contributed by atoms with van der Waals surface area (Å²) < 4.78 is 6.53. The first-order valence-electron chi connectivity index (χ1n) is 5.17. The fourth-order valence-electron chi connectivity index (χ4n) is 2.06. The second kappa shape index (κ2) is 3.46. The molecule has 0 saturated carbocycles. The number of rotatable bonds is 1. The topological polar surface area (TPSA) is 26.0 Å². The van der Waals surface area contributed by atoms with Gasteiger partial charge < -0.3 is 4.52 Å². The monoisotopic (exact) mass is 229 g/mol. The van der Waals surface area contributed by atoms with Crippen molar-refractivity contribution in [1.82, 2.24) is 5.16 Å². The van der Waals surface area contributed by atoms with E-state index >= 15 is 0 Å². The Hall–Kier alpha value is -1.61. The zero-order valence-electron chi connectivity index (χ0n) is 9.15. The van der Waals surface area contributed by atoms with Gasteiger partial charge in [0.05, 0.1) is 5.69 Å². The lowest BCUT2D eigenvalue weighted by molar-refractivity contribution is 0.393. The Morgan fingerprint density at radius 2 is 2.06 bits per heavy atom. The highest BCUT2D eigenvalue weighted by molar-refractivity contribution is 7.17. The van der Waals surface area contributed by atoms with Crippen LogP contribution in [-0.2, 0) is 0 Å². The maximum absolute atomic E-state index is 5.23. The number of aromatic nitrogens is 1. The van der Waals surface area contributed by atoms with E-state index in [9.17, 15) is 0 Å². The molecule has 0 fully saturated rings. The van der Waals surface area contributed by atoms with Gasteiger partial charge >= 0.3 is 0 Å². The minimum absolute atomic E-state index is 0.887. The molecule has 0 bridgehead atoms. The molecule has 0 radical (unpaired) electrons. The highest BCUT2D eigenvalue weighted by atomic mass is 32.1. The van der Waals surface area contributed by atoms with Crippen molar-refractivity contribution in [2.24, 2.45) is 0 Å². The van der Waals surface area contributed by atoms with Gasteiger partial charge in [0.15, 0.2) is 0 Å². The quantitative estimate of drug-likeness (QED) is 0.625. The van der Waals surface area contributed by atoms with Crippen LogP contribution >= 0.6 is 11.3 Å². The smallest absolute Gasteiger partial charge is 0.141 e. The first-order valence-corrected chi connectivity index (χ1v) is 6.05. The average Bonchev–Trinajstić information content (AvgIpc) is 2.86. The minimum atomic E-state index is 0.887. The SMILES string of the molecule is Cc1noc(C)c1-c1cccc2ccsc12. The van der Waals surface area contributed by atoms with Crippen molar-refractivity contribution in [1.29, 1.82) is 0 Å². The minimum Gasteiger partial charge on any atom is -0.361 e. The van der Waals surface area contributed by atoms with E-state index in [0.717, 1.165) is 17.0 Å². The summed E-state index contributed by atoms with van der Waals surface area (Å²) >= 11 is 1.76. The van der Waals surface area contributed by atoms with Gasteiger partial charge in [0.1, 0.15) is 5.76 Å². The van der Waals surface area contributed by atoms with E-state index in [0.29, 0.717) is 0 Å². The lowest BCUT2D eigenvalue weighted by Gasteiger charge is -2.01. The first kappa shape index (κ1) is 9.60. The highest BCUT2D eigenvalue weighted by Gasteiger charge is 2.14. The predicted molar refractivity (Wildman–Crippen MR) is 66.8 cm³/mol. The van der Waals surface area contributed by atoms with Crippen LogP contribution < -0.4 is 0 Å². The molecular weight excluding hydrogens is 218 g/mol. The van der Waals surface area contributed by atoms with Gasteiger partial charge in [0.25, 0.3) is 0 Å². The molecule has 16 heavy (non-hydrogen) atoms. The second-order valence-electron chi connectivity index (χ2n) is 3.84. The van der Waals surface area contributed by atoms with Crippen LogP contribution in [0, 0.1) is 13.8 Å². The standard InChI is InChI=1S/C13H11NOS/c1-8-12(9(2)15-14-8)11-5-3-4-10-6-7-16-13(10)11/h3-7H,1-2H3. The molecule has 0 aliphatic rings. The number of aryl methyl sites for hydroxylation is 2. The number of nitrogens with zero attached hydrogens (tertiary/aromatic N) is 1. The van der Waals surface area contributed by atoms with Crippen molar-refractivity contribution in [2.45, 2.75) is 13.8 Å². The molecular formula is C13H11NOS. The third-order valence-corrected chi connectivity index (χ3v) is 3.75. The van der Waals surface area contributed by atoms with Gasteiger partial charge in [-0.05, 0) is 30.7 Å². The number of hydrogen-bond donors (Lipinski definition) is 0. The third-order valence-electron chi connectivity index (χ3n) is 2.78. The number of fused-ring (bicyclic) bond motifs is 1. The summed E-state index contributed by atoms with van der Waals surface area (Å²) in [6, 6.07) is 8.48. The molecule has 1 aromatic carbocycles. The molecule has 3 aromatic rings. The zero-order valence-corrected chi connectivity index (χ0v) is 9.97. The molecule has 2 nitrogen and oxygen atoms in total. The maximum atomic E-state index is 5.23. The molecule has 0 aliphatic carbocycles. The van der Waals surface area contributed by atoms with Crippen molar-refractivity contribution >= 4 is 21.4 Å². The molecule has 0 N–H and O–H groups in total. The van der Waals surface area contributed by atoms with Gasteiger partial charge in [-0.2, -0.15) is 0 Å². The van der Waals surface area contributed by atoms with Gasteiger partial charge in [-0.15, -0.1) is 11.3 Å². The van der Waals surface area contributed by atoms with Crippen LogP contribution in [0.15, 0.2) is 34.2 Å². The summed E-state index contributed by atoms with van der Waals surface area (Å²) in [5, 5.41) is 7.41. The van der Waals surface area contributed by atoms with Crippen LogP contribution in [0.2, 0.25) is 0 Å². The fraction of sp³-hybridized carbons (Fsp3) is 0.154. The molecule has 0 atom stereocenters. The van der Waals surface area contributed by atoms with Crippen LogP contribution in [0.1, 0.15) is 11.5 Å². The van der Waals surface area contributed by atoms with Gasteiger partial charge in [-0.25, -0.2) is 0 Å². The summed E-state index contributed by atoms with van der Waals surface area (Å²) in [7, 11) is 0. The summed E-state index contributed by atoms with van der Waals surface area (Å²) in [6.45, 7) is 3.94. The van der Waals surface area contributed by atoms with Crippen molar-refractivity contribution < 1.29 is 4.52 Å². The van der Waals surface area contributed by atoms with Gasteiger partial charge in [-0.1, -0.05) is 23.4 Å². The normalized spacial score (nSPS) is 11.1. The van der Waals surface area contributed by atoms with Crippen LogP contribution in [0.4, 0.5) is 0 Å². The van der Waals surface area contributed by atoms with E-state index in [2.05, 4.69) is 34.8 Å². The molecule has 0 unspecified atom stereocenters. The molecule has 3 rings (SSSR count). The fourth-order valence-corrected chi connectivity index (χ4v) is 2.98. The molecule has 3 heteroatoms. The van der Waals surface area contributed by atoms with Crippen molar-refractivity contribution in [3.05, 3.63) is 41.1 Å². The van der Waals surface area contributed by atoms with Crippen molar-refractivity contribution in [3.8, 4) is 11.1 Å². The summed E-state index contributed by atoms with van der Waals surface area (Å²) in [5.41, 5.74) is 3.32. The van der Waals surface area contributed by atoms with Crippen LogP contribution in [0.3, 0.4) is 0 Å². The van der Waals surface area contributed by atoms with E-state index in [1.54, 1.807) is 11.3 Å². The third kappa shape index (κ3) is 1.28. The number of thiophene rings is 1. The van der Waals surface area contributed by atoms with Crippen LogP contribution in [0.25, 0.3) is 21.2 Å². The largest absolute Gasteiger partial charge is 0.361 e. The molecule has 2 heterocycles. The van der Waals surface area contributed by atoms with E-state index < -0.39 is 0 Å². The van der Waals surface area contributed by atoms with E-state index in [1.807, 2.05) is 13.8 Å². The summed E-state index contributed by atoms with van der Waals surface area (Å²) in [4.78, 5) is 0.